The minimum atomic E-state index is -1.07. The number of ether oxygens (including phenoxy) is 3. The second kappa shape index (κ2) is 9.80. The van der Waals surface area contributed by atoms with Crippen LogP contribution in [-0.4, -0.2) is 38.4 Å². The maximum absolute atomic E-state index is 6.53. The van der Waals surface area contributed by atoms with Crippen LogP contribution in [0.1, 0.15) is 12.5 Å². The van der Waals surface area contributed by atoms with Crippen LogP contribution in [0.25, 0.3) is 11.3 Å². The lowest BCUT2D eigenvalue weighted by Crippen LogP contribution is -2.34. The number of imidazole rings is 2. The van der Waals surface area contributed by atoms with Gasteiger partial charge in [0, 0.05) is 41.3 Å². The average molecular weight is 499 g/mol. The molecule has 0 spiro atoms. The highest BCUT2D eigenvalue weighted by Gasteiger charge is 2.45. The summed E-state index contributed by atoms with van der Waals surface area (Å²) in [6.07, 6.45) is 8.86. The van der Waals surface area contributed by atoms with Crippen LogP contribution in [0.4, 0.5) is 0 Å². The van der Waals surface area contributed by atoms with E-state index >= 15 is 0 Å². The van der Waals surface area contributed by atoms with Gasteiger partial charge in [-0.3, -0.25) is 0 Å². The molecule has 0 bridgehead atoms. The number of rotatable bonds is 8. The molecule has 0 radical (unpaired) electrons. The van der Waals surface area contributed by atoms with E-state index in [0.29, 0.717) is 35.4 Å². The molecule has 5 rings (SSSR count). The first kappa shape index (κ1) is 22.9. The fraction of sp³-hybridized carbons (Fsp3) is 0.280. The van der Waals surface area contributed by atoms with Crippen LogP contribution in [-0.2, 0) is 28.4 Å². The Hall–Kier alpha value is -2.84. The molecule has 3 heterocycles. The van der Waals surface area contributed by atoms with Crippen molar-refractivity contribution < 1.29 is 14.2 Å². The average Bonchev–Trinajstić information content (AvgIpc) is 3.60. The van der Waals surface area contributed by atoms with Gasteiger partial charge in [0.1, 0.15) is 18.5 Å². The van der Waals surface area contributed by atoms with Gasteiger partial charge < -0.3 is 23.3 Å². The van der Waals surface area contributed by atoms with Crippen molar-refractivity contribution in [1.29, 1.82) is 0 Å². The lowest BCUT2D eigenvalue weighted by molar-refractivity contribution is -0.189. The van der Waals surface area contributed by atoms with E-state index in [1.807, 2.05) is 58.2 Å². The van der Waals surface area contributed by atoms with E-state index in [1.165, 1.54) is 0 Å². The summed E-state index contributed by atoms with van der Waals surface area (Å²) in [6.45, 7) is 4.06. The van der Waals surface area contributed by atoms with Crippen LogP contribution in [0, 0.1) is 0 Å². The molecule has 2 atom stereocenters. The van der Waals surface area contributed by atoms with Crippen molar-refractivity contribution >= 4 is 23.2 Å². The first-order valence-corrected chi connectivity index (χ1v) is 11.8. The first-order chi connectivity index (χ1) is 16.5. The number of hydrogen-bond donors (Lipinski definition) is 0. The summed E-state index contributed by atoms with van der Waals surface area (Å²) in [6, 6.07) is 13.2. The lowest BCUT2D eigenvalue weighted by atomic mass is 10.1. The highest BCUT2D eigenvalue weighted by atomic mass is 35.5. The molecule has 0 unspecified atom stereocenters. The Balaban J connectivity index is 1.28. The minimum Gasteiger partial charge on any atom is -0.491 e. The maximum Gasteiger partial charge on any atom is 0.215 e. The van der Waals surface area contributed by atoms with Gasteiger partial charge >= 0.3 is 0 Å². The fourth-order valence-corrected chi connectivity index (χ4v) is 4.52. The Morgan fingerprint density at radius 2 is 1.97 bits per heavy atom. The summed E-state index contributed by atoms with van der Waals surface area (Å²) in [5, 5.41) is 1.03. The van der Waals surface area contributed by atoms with Crippen molar-refractivity contribution in [2.24, 2.45) is 0 Å². The number of aryl methyl sites for hydroxylation is 1. The molecule has 1 saturated heterocycles. The van der Waals surface area contributed by atoms with Crippen molar-refractivity contribution in [2.75, 3.05) is 13.2 Å². The molecular formula is C25H24Cl2N4O3. The predicted octanol–water partition coefficient (Wildman–Crippen LogP) is 5.42. The smallest absolute Gasteiger partial charge is 0.215 e. The molecule has 0 aliphatic carbocycles. The van der Waals surface area contributed by atoms with Crippen LogP contribution in [0.15, 0.2) is 73.7 Å². The molecule has 34 heavy (non-hydrogen) atoms. The molecule has 2 aromatic carbocycles. The SMILES string of the molecule is CCn1cnc(-c2ccc(OC[C@@H]3CO[C@@](Cn4ccnc4)(c4ccc(Cl)cc4Cl)O3)cc2)c1. The summed E-state index contributed by atoms with van der Waals surface area (Å²) in [7, 11) is 0. The van der Waals surface area contributed by atoms with Crippen molar-refractivity contribution in [1.82, 2.24) is 19.1 Å². The quantitative estimate of drug-likeness (QED) is 0.324. The third-order valence-corrected chi connectivity index (χ3v) is 6.28. The summed E-state index contributed by atoms with van der Waals surface area (Å²) < 4.78 is 22.6. The molecule has 0 saturated carbocycles. The minimum absolute atomic E-state index is 0.282. The molecule has 176 valence electrons. The molecule has 4 aromatic rings. The number of hydrogen-bond acceptors (Lipinski definition) is 5. The Morgan fingerprint density at radius 1 is 1.12 bits per heavy atom. The topological polar surface area (TPSA) is 63.3 Å². The molecular weight excluding hydrogens is 475 g/mol. The third-order valence-electron chi connectivity index (χ3n) is 5.74. The molecule has 7 nitrogen and oxygen atoms in total. The molecule has 1 aliphatic heterocycles. The number of halogens is 2. The Bertz CT molecular complexity index is 1240. The summed E-state index contributed by atoms with van der Waals surface area (Å²) in [4.78, 5) is 8.57. The van der Waals surface area contributed by atoms with Crippen molar-refractivity contribution in [3.63, 3.8) is 0 Å². The Morgan fingerprint density at radius 3 is 2.68 bits per heavy atom. The molecule has 2 aromatic heterocycles. The first-order valence-electron chi connectivity index (χ1n) is 11.0. The van der Waals surface area contributed by atoms with Gasteiger partial charge in [0.2, 0.25) is 5.79 Å². The monoisotopic (exact) mass is 498 g/mol. The second-order valence-electron chi connectivity index (χ2n) is 8.09. The standard InChI is InChI=1S/C25H24Cl2N4O3/c1-2-30-12-24(29-17-30)18-3-6-20(7-4-18)32-13-21-14-33-25(34-21,15-31-10-9-28-16-31)22-8-5-19(26)11-23(22)27/h3-12,16-17,21H,2,13-15H2,1H3/t21-,25-/m1/s1. The Kier molecular flexibility index (Phi) is 6.61. The Labute approximate surface area is 207 Å². The molecule has 0 amide bonds. The van der Waals surface area contributed by atoms with Gasteiger partial charge in [-0.1, -0.05) is 29.3 Å². The molecule has 9 heteroatoms. The summed E-state index contributed by atoms with van der Waals surface area (Å²) in [5.41, 5.74) is 2.69. The zero-order valence-electron chi connectivity index (χ0n) is 18.6. The van der Waals surface area contributed by atoms with Gasteiger partial charge in [-0.15, -0.1) is 0 Å². The van der Waals surface area contributed by atoms with Crippen LogP contribution >= 0.6 is 23.2 Å². The van der Waals surface area contributed by atoms with Gasteiger partial charge in [0.25, 0.3) is 0 Å². The van der Waals surface area contributed by atoms with Gasteiger partial charge in [-0.05, 0) is 43.3 Å². The molecule has 1 fully saturated rings. The zero-order chi connectivity index (χ0) is 23.5. The van der Waals surface area contributed by atoms with Gasteiger partial charge in [0.05, 0.1) is 36.5 Å². The fourth-order valence-electron chi connectivity index (χ4n) is 3.97. The summed E-state index contributed by atoms with van der Waals surface area (Å²) >= 11 is 12.6. The largest absolute Gasteiger partial charge is 0.491 e. The van der Waals surface area contributed by atoms with Crippen LogP contribution < -0.4 is 4.74 Å². The van der Waals surface area contributed by atoms with Crippen LogP contribution in [0.3, 0.4) is 0 Å². The normalized spacial score (nSPS) is 20.0. The van der Waals surface area contributed by atoms with E-state index in [4.69, 9.17) is 37.4 Å². The van der Waals surface area contributed by atoms with E-state index in [2.05, 4.69) is 16.9 Å². The summed E-state index contributed by atoms with van der Waals surface area (Å²) in [5.74, 6) is -0.322. The zero-order valence-corrected chi connectivity index (χ0v) is 20.1. The number of nitrogens with zero attached hydrogens (tertiary/aromatic N) is 4. The van der Waals surface area contributed by atoms with Crippen molar-refractivity contribution in [2.45, 2.75) is 31.9 Å². The predicted molar refractivity (Wildman–Crippen MR) is 130 cm³/mol. The van der Waals surface area contributed by atoms with E-state index < -0.39 is 5.79 Å². The van der Waals surface area contributed by atoms with E-state index in [0.717, 1.165) is 23.6 Å². The van der Waals surface area contributed by atoms with E-state index in [-0.39, 0.29) is 6.10 Å². The lowest BCUT2D eigenvalue weighted by Gasteiger charge is -2.30. The second-order valence-corrected chi connectivity index (χ2v) is 8.93. The third kappa shape index (κ3) is 4.83. The van der Waals surface area contributed by atoms with Crippen LogP contribution in [0.2, 0.25) is 10.0 Å². The van der Waals surface area contributed by atoms with Gasteiger partial charge in [-0.25, -0.2) is 9.97 Å². The van der Waals surface area contributed by atoms with E-state index in [1.54, 1.807) is 24.7 Å². The van der Waals surface area contributed by atoms with Gasteiger partial charge in [-0.2, -0.15) is 0 Å². The molecule has 1 aliphatic rings. The molecule has 0 N–H and O–H groups in total. The van der Waals surface area contributed by atoms with E-state index in [9.17, 15) is 0 Å². The van der Waals surface area contributed by atoms with Gasteiger partial charge in [0.15, 0.2) is 0 Å². The van der Waals surface area contributed by atoms with Crippen molar-refractivity contribution in [3.05, 3.63) is 89.3 Å². The number of aromatic nitrogens is 4. The van der Waals surface area contributed by atoms with Crippen molar-refractivity contribution in [3.8, 4) is 17.0 Å². The van der Waals surface area contributed by atoms with Crippen LogP contribution in [0.5, 0.6) is 5.75 Å². The highest BCUT2D eigenvalue weighted by molar-refractivity contribution is 6.35. The highest BCUT2D eigenvalue weighted by Crippen LogP contribution is 2.40. The number of benzene rings is 2. The maximum atomic E-state index is 6.53.